The fourth-order valence-corrected chi connectivity index (χ4v) is 1.81. The summed E-state index contributed by atoms with van der Waals surface area (Å²) in [5.41, 5.74) is 1.40. The third-order valence-electron chi connectivity index (χ3n) is 2.89. The molecule has 0 atom stereocenters. The van der Waals surface area contributed by atoms with E-state index in [1.807, 2.05) is 6.92 Å². The van der Waals surface area contributed by atoms with E-state index in [-0.39, 0.29) is 0 Å². The van der Waals surface area contributed by atoms with Crippen molar-refractivity contribution >= 4 is 0 Å². The van der Waals surface area contributed by atoms with Gasteiger partial charge in [-0.3, -0.25) is 0 Å². The van der Waals surface area contributed by atoms with E-state index in [1.165, 1.54) is 24.8 Å². The first kappa shape index (κ1) is 11.5. The van der Waals surface area contributed by atoms with Crippen molar-refractivity contribution in [3.63, 3.8) is 0 Å². The predicted molar refractivity (Wildman–Crippen MR) is 67.0 cm³/mol. The van der Waals surface area contributed by atoms with E-state index >= 15 is 0 Å². The molecule has 0 aromatic heterocycles. The van der Waals surface area contributed by atoms with Gasteiger partial charge < -0.3 is 10.1 Å². The molecule has 1 N–H and O–H groups in total. The molecule has 0 radical (unpaired) electrons. The molecule has 1 aromatic rings. The summed E-state index contributed by atoms with van der Waals surface area (Å²) in [6.07, 6.45) is 5.14. The Kier molecular flexibility index (Phi) is 4.23. The van der Waals surface area contributed by atoms with Crippen LogP contribution in [0.4, 0.5) is 0 Å². The molecule has 2 nitrogen and oxygen atoms in total. The average Bonchev–Trinajstić information content (AvgIpc) is 3.11. The van der Waals surface area contributed by atoms with Crippen molar-refractivity contribution in [2.45, 2.75) is 38.6 Å². The summed E-state index contributed by atoms with van der Waals surface area (Å²) in [6, 6.07) is 9.30. The molecule has 0 heterocycles. The third kappa shape index (κ3) is 3.86. The van der Waals surface area contributed by atoms with Gasteiger partial charge in [-0.05, 0) is 56.8 Å². The van der Waals surface area contributed by atoms with Crippen molar-refractivity contribution in [3.8, 4) is 5.75 Å². The summed E-state index contributed by atoms with van der Waals surface area (Å²) in [5.74, 6) is 0.974. The summed E-state index contributed by atoms with van der Waals surface area (Å²) in [4.78, 5) is 0. The van der Waals surface area contributed by atoms with Gasteiger partial charge in [0.2, 0.25) is 0 Å². The first-order valence-electron chi connectivity index (χ1n) is 6.33. The van der Waals surface area contributed by atoms with Crippen LogP contribution in [0.2, 0.25) is 0 Å². The minimum Gasteiger partial charge on any atom is -0.494 e. The Bertz CT molecular complexity index is 303. The smallest absolute Gasteiger partial charge is 0.119 e. The average molecular weight is 219 g/mol. The Morgan fingerprint density at radius 1 is 1.25 bits per heavy atom. The van der Waals surface area contributed by atoms with E-state index in [9.17, 15) is 0 Å². The Morgan fingerprint density at radius 2 is 2.00 bits per heavy atom. The summed E-state index contributed by atoms with van der Waals surface area (Å²) in [6.45, 7) is 3.90. The molecule has 16 heavy (non-hydrogen) atoms. The largest absolute Gasteiger partial charge is 0.494 e. The van der Waals surface area contributed by atoms with Gasteiger partial charge in [0.05, 0.1) is 6.61 Å². The monoisotopic (exact) mass is 219 g/mol. The third-order valence-corrected chi connectivity index (χ3v) is 2.89. The molecule has 1 aliphatic rings. The SMILES string of the molecule is CCOc1ccc(CCCNC2CC2)cc1. The molecule has 2 rings (SSSR count). The summed E-state index contributed by atoms with van der Waals surface area (Å²) in [5, 5.41) is 3.53. The molecule has 1 aliphatic carbocycles. The molecule has 0 saturated heterocycles. The van der Waals surface area contributed by atoms with Gasteiger partial charge in [0.1, 0.15) is 5.75 Å². The number of hydrogen-bond donors (Lipinski definition) is 1. The molecule has 1 saturated carbocycles. The maximum atomic E-state index is 5.41. The Morgan fingerprint density at radius 3 is 2.62 bits per heavy atom. The zero-order valence-corrected chi connectivity index (χ0v) is 10.0. The number of hydrogen-bond acceptors (Lipinski definition) is 2. The van der Waals surface area contributed by atoms with Crippen molar-refractivity contribution in [1.29, 1.82) is 0 Å². The van der Waals surface area contributed by atoms with Gasteiger partial charge in [-0.25, -0.2) is 0 Å². The summed E-state index contributed by atoms with van der Waals surface area (Å²) >= 11 is 0. The number of rotatable bonds is 7. The highest BCUT2D eigenvalue weighted by atomic mass is 16.5. The maximum Gasteiger partial charge on any atom is 0.119 e. The second-order valence-electron chi connectivity index (χ2n) is 4.41. The zero-order valence-electron chi connectivity index (χ0n) is 10.0. The number of ether oxygens (including phenoxy) is 1. The molecular weight excluding hydrogens is 198 g/mol. The van der Waals surface area contributed by atoms with Crippen LogP contribution in [0.15, 0.2) is 24.3 Å². The van der Waals surface area contributed by atoms with Crippen molar-refractivity contribution < 1.29 is 4.74 Å². The van der Waals surface area contributed by atoms with Crippen LogP contribution in [0.3, 0.4) is 0 Å². The molecule has 1 fully saturated rings. The van der Waals surface area contributed by atoms with Gasteiger partial charge in [0.25, 0.3) is 0 Å². The van der Waals surface area contributed by atoms with Gasteiger partial charge in [0, 0.05) is 6.04 Å². The first-order chi connectivity index (χ1) is 7.88. The highest BCUT2D eigenvalue weighted by Gasteiger charge is 2.19. The topological polar surface area (TPSA) is 21.3 Å². The second-order valence-corrected chi connectivity index (χ2v) is 4.41. The zero-order chi connectivity index (χ0) is 11.2. The van der Waals surface area contributed by atoms with Crippen molar-refractivity contribution in [3.05, 3.63) is 29.8 Å². The van der Waals surface area contributed by atoms with Crippen LogP contribution >= 0.6 is 0 Å². The first-order valence-corrected chi connectivity index (χ1v) is 6.33. The van der Waals surface area contributed by atoms with Gasteiger partial charge in [-0.1, -0.05) is 12.1 Å². The van der Waals surface area contributed by atoms with Gasteiger partial charge >= 0.3 is 0 Å². The Balaban J connectivity index is 1.67. The highest BCUT2D eigenvalue weighted by molar-refractivity contribution is 5.27. The summed E-state index contributed by atoms with van der Waals surface area (Å²) < 4.78 is 5.41. The van der Waals surface area contributed by atoms with Crippen LogP contribution in [0.25, 0.3) is 0 Å². The molecule has 0 bridgehead atoms. The van der Waals surface area contributed by atoms with E-state index in [0.29, 0.717) is 0 Å². The van der Waals surface area contributed by atoms with Crippen molar-refractivity contribution in [2.75, 3.05) is 13.2 Å². The quantitative estimate of drug-likeness (QED) is 0.712. The lowest BCUT2D eigenvalue weighted by molar-refractivity contribution is 0.340. The van der Waals surface area contributed by atoms with Gasteiger partial charge in [-0.15, -0.1) is 0 Å². The van der Waals surface area contributed by atoms with Crippen molar-refractivity contribution in [1.82, 2.24) is 5.32 Å². The van der Waals surface area contributed by atoms with Crippen LogP contribution in [0.5, 0.6) is 5.75 Å². The minimum atomic E-state index is 0.741. The number of nitrogens with one attached hydrogen (secondary N) is 1. The Hall–Kier alpha value is -1.02. The standard InChI is InChI=1S/C14H21NO/c1-2-16-14-9-5-12(6-10-14)4-3-11-15-13-7-8-13/h5-6,9-10,13,15H,2-4,7-8,11H2,1H3. The molecule has 1 aromatic carbocycles. The highest BCUT2D eigenvalue weighted by Crippen LogP contribution is 2.18. The molecule has 0 unspecified atom stereocenters. The number of benzene rings is 1. The molecule has 0 aliphatic heterocycles. The van der Waals surface area contributed by atoms with Gasteiger partial charge in [-0.2, -0.15) is 0 Å². The van der Waals surface area contributed by atoms with Crippen LogP contribution in [-0.4, -0.2) is 19.2 Å². The molecular formula is C14H21NO. The molecule has 88 valence electrons. The predicted octanol–water partition coefficient (Wildman–Crippen LogP) is 2.77. The van der Waals surface area contributed by atoms with Gasteiger partial charge in [0.15, 0.2) is 0 Å². The molecule has 0 amide bonds. The lowest BCUT2D eigenvalue weighted by Gasteiger charge is -2.05. The van der Waals surface area contributed by atoms with Crippen LogP contribution < -0.4 is 10.1 Å². The van der Waals surface area contributed by atoms with Crippen LogP contribution in [0, 0.1) is 0 Å². The van der Waals surface area contributed by atoms with E-state index in [2.05, 4.69) is 29.6 Å². The van der Waals surface area contributed by atoms with Crippen LogP contribution in [-0.2, 0) is 6.42 Å². The lowest BCUT2D eigenvalue weighted by atomic mass is 10.1. The van der Waals surface area contributed by atoms with E-state index < -0.39 is 0 Å². The fourth-order valence-electron chi connectivity index (χ4n) is 1.81. The number of aryl methyl sites for hydroxylation is 1. The fraction of sp³-hybridized carbons (Fsp3) is 0.571. The Labute approximate surface area is 98.0 Å². The second kappa shape index (κ2) is 5.90. The van der Waals surface area contributed by atoms with Crippen molar-refractivity contribution in [2.24, 2.45) is 0 Å². The van der Waals surface area contributed by atoms with Crippen LogP contribution in [0.1, 0.15) is 31.7 Å². The normalized spacial score (nSPS) is 15.1. The molecule has 0 spiro atoms. The molecule has 2 heteroatoms. The minimum absolute atomic E-state index is 0.741. The van der Waals surface area contributed by atoms with E-state index in [4.69, 9.17) is 4.74 Å². The maximum absolute atomic E-state index is 5.41. The lowest BCUT2D eigenvalue weighted by Crippen LogP contribution is -2.17. The van der Waals surface area contributed by atoms with E-state index in [0.717, 1.165) is 31.4 Å². The summed E-state index contributed by atoms with van der Waals surface area (Å²) in [7, 11) is 0. The van der Waals surface area contributed by atoms with E-state index in [1.54, 1.807) is 0 Å².